The van der Waals surface area contributed by atoms with Crippen LogP contribution in [0.4, 0.5) is 10.5 Å². The zero-order valence-corrected chi connectivity index (χ0v) is 9.23. The van der Waals surface area contributed by atoms with E-state index in [1.807, 2.05) is 30.5 Å². The van der Waals surface area contributed by atoms with Gasteiger partial charge in [-0.25, -0.2) is 4.79 Å². The minimum absolute atomic E-state index is 0.231. The summed E-state index contributed by atoms with van der Waals surface area (Å²) in [6.07, 6.45) is 7.01. The summed E-state index contributed by atoms with van der Waals surface area (Å²) in [4.78, 5) is 12.4. The van der Waals surface area contributed by atoms with Crippen LogP contribution in [0, 0.1) is 12.3 Å². The van der Waals surface area contributed by atoms with Gasteiger partial charge in [-0.15, -0.1) is 18.2 Å². The van der Waals surface area contributed by atoms with Crippen molar-refractivity contribution < 1.29 is 4.79 Å². The normalized spacial score (nSPS) is 9.07. The van der Waals surface area contributed by atoms with Gasteiger partial charge in [0.15, 0.2) is 0 Å². The second-order valence-corrected chi connectivity index (χ2v) is 3.62. The molecule has 1 rings (SSSR count). The smallest absolute Gasteiger partial charge is 0.319 e. The number of rotatable bonds is 3. The molecule has 0 fully saturated rings. The number of anilines is 1. The minimum Gasteiger partial charge on any atom is -0.327 e. The molecular weight excluding hydrogens is 208 g/mol. The SMILES string of the molecule is C#CCNC(=O)Nc1ccc(SC)cc1. The molecule has 0 heterocycles. The molecule has 0 aliphatic rings. The lowest BCUT2D eigenvalue weighted by Crippen LogP contribution is -2.28. The Balaban J connectivity index is 2.50. The lowest BCUT2D eigenvalue weighted by Gasteiger charge is -2.05. The first-order valence-corrected chi connectivity index (χ1v) is 5.61. The fourth-order valence-corrected chi connectivity index (χ4v) is 1.39. The molecule has 78 valence electrons. The lowest BCUT2D eigenvalue weighted by molar-refractivity contribution is 0.253. The summed E-state index contributed by atoms with van der Waals surface area (Å²) in [6, 6.07) is 7.30. The van der Waals surface area contributed by atoms with E-state index in [0.29, 0.717) is 0 Å². The molecule has 0 atom stereocenters. The van der Waals surface area contributed by atoms with Crippen LogP contribution in [-0.2, 0) is 0 Å². The number of carbonyl (C=O) groups excluding carboxylic acids is 1. The van der Waals surface area contributed by atoms with Crippen LogP contribution in [0.5, 0.6) is 0 Å². The van der Waals surface area contributed by atoms with Crippen LogP contribution in [0.3, 0.4) is 0 Å². The summed E-state index contributed by atoms with van der Waals surface area (Å²) >= 11 is 1.66. The van der Waals surface area contributed by atoms with Crippen molar-refractivity contribution in [2.45, 2.75) is 4.90 Å². The summed E-state index contributed by atoms with van der Waals surface area (Å²) in [6.45, 7) is 0.231. The van der Waals surface area contributed by atoms with Crippen LogP contribution in [0.1, 0.15) is 0 Å². The predicted molar refractivity (Wildman–Crippen MR) is 64.1 cm³/mol. The molecule has 4 heteroatoms. The van der Waals surface area contributed by atoms with Gasteiger partial charge in [-0.1, -0.05) is 5.92 Å². The molecule has 0 aromatic heterocycles. The average Bonchev–Trinajstić information content (AvgIpc) is 2.27. The minimum atomic E-state index is -0.287. The van der Waals surface area contributed by atoms with Gasteiger partial charge < -0.3 is 10.6 Å². The number of terminal acetylenes is 1. The van der Waals surface area contributed by atoms with Crippen LogP contribution in [0.25, 0.3) is 0 Å². The third-order valence-corrected chi connectivity index (χ3v) is 2.44. The van der Waals surface area contributed by atoms with Gasteiger partial charge in [0.1, 0.15) is 0 Å². The van der Waals surface area contributed by atoms with Gasteiger partial charge in [0, 0.05) is 10.6 Å². The number of urea groups is 1. The number of nitrogens with one attached hydrogen (secondary N) is 2. The van der Waals surface area contributed by atoms with Crippen molar-refractivity contribution in [3.05, 3.63) is 24.3 Å². The molecule has 2 amide bonds. The maximum absolute atomic E-state index is 11.2. The highest BCUT2D eigenvalue weighted by Gasteiger charge is 1.99. The van der Waals surface area contributed by atoms with E-state index in [4.69, 9.17) is 6.42 Å². The third kappa shape index (κ3) is 3.96. The Kier molecular flexibility index (Phi) is 4.58. The Morgan fingerprint density at radius 3 is 2.67 bits per heavy atom. The van der Waals surface area contributed by atoms with Crippen LogP contribution in [-0.4, -0.2) is 18.8 Å². The molecule has 3 nitrogen and oxygen atoms in total. The van der Waals surface area contributed by atoms with Crippen LogP contribution in [0.2, 0.25) is 0 Å². The Morgan fingerprint density at radius 1 is 1.47 bits per heavy atom. The monoisotopic (exact) mass is 220 g/mol. The summed E-state index contributed by atoms with van der Waals surface area (Å²) < 4.78 is 0. The maximum atomic E-state index is 11.2. The zero-order valence-electron chi connectivity index (χ0n) is 8.41. The molecular formula is C11H12N2OS. The molecule has 2 N–H and O–H groups in total. The second kappa shape index (κ2) is 5.99. The van der Waals surface area contributed by atoms with Crippen LogP contribution < -0.4 is 10.6 Å². The van der Waals surface area contributed by atoms with Crippen LogP contribution >= 0.6 is 11.8 Å². The zero-order chi connectivity index (χ0) is 11.1. The van der Waals surface area contributed by atoms with Crippen molar-refractivity contribution in [1.29, 1.82) is 0 Å². The van der Waals surface area contributed by atoms with E-state index in [-0.39, 0.29) is 12.6 Å². The van der Waals surface area contributed by atoms with Gasteiger partial charge in [0.05, 0.1) is 6.54 Å². The van der Waals surface area contributed by atoms with Crippen molar-refractivity contribution >= 4 is 23.5 Å². The highest BCUT2D eigenvalue weighted by atomic mass is 32.2. The summed E-state index contributed by atoms with van der Waals surface area (Å²) in [5, 5.41) is 5.19. The summed E-state index contributed by atoms with van der Waals surface area (Å²) in [5.41, 5.74) is 0.752. The number of carbonyl (C=O) groups is 1. The van der Waals surface area contributed by atoms with E-state index in [0.717, 1.165) is 10.6 Å². The highest BCUT2D eigenvalue weighted by molar-refractivity contribution is 7.98. The van der Waals surface area contributed by atoms with E-state index in [1.54, 1.807) is 11.8 Å². The second-order valence-electron chi connectivity index (χ2n) is 2.74. The molecule has 0 saturated carbocycles. The molecule has 0 saturated heterocycles. The number of amides is 2. The predicted octanol–water partition coefficient (Wildman–Crippen LogP) is 2.16. The van der Waals surface area contributed by atoms with Crippen molar-refractivity contribution in [1.82, 2.24) is 5.32 Å². The quantitative estimate of drug-likeness (QED) is 0.605. The van der Waals surface area contributed by atoms with E-state index < -0.39 is 0 Å². The highest BCUT2D eigenvalue weighted by Crippen LogP contribution is 2.17. The first-order valence-electron chi connectivity index (χ1n) is 4.38. The topological polar surface area (TPSA) is 41.1 Å². The van der Waals surface area contributed by atoms with E-state index >= 15 is 0 Å². The Hall–Kier alpha value is -1.60. The molecule has 0 aliphatic heterocycles. The molecule has 0 unspecified atom stereocenters. The van der Waals surface area contributed by atoms with Crippen LogP contribution in [0.15, 0.2) is 29.2 Å². The first kappa shape index (κ1) is 11.5. The number of thioether (sulfide) groups is 1. The van der Waals surface area contributed by atoms with Gasteiger partial charge in [0.25, 0.3) is 0 Å². The van der Waals surface area contributed by atoms with Gasteiger partial charge in [-0.2, -0.15) is 0 Å². The maximum Gasteiger partial charge on any atom is 0.319 e. The van der Waals surface area contributed by atoms with E-state index in [1.165, 1.54) is 0 Å². The number of hydrogen-bond acceptors (Lipinski definition) is 2. The Morgan fingerprint density at radius 2 is 2.13 bits per heavy atom. The summed E-state index contributed by atoms with van der Waals surface area (Å²) in [7, 11) is 0. The number of hydrogen-bond donors (Lipinski definition) is 2. The van der Waals surface area contributed by atoms with Gasteiger partial charge in [-0.3, -0.25) is 0 Å². The fourth-order valence-electron chi connectivity index (χ4n) is 0.981. The largest absolute Gasteiger partial charge is 0.327 e. The van der Waals surface area contributed by atoms with Gasteiger partial charge >= 0.3 is 6.03 Å². The first-order chi connectivity index (χ1) is 7.26. The molecule has 1 aromatic carbocycles. The molecule has 1 aromatic rings. The number of benzene rings is 1. The summed E-state index contributed by atoms with van der Waals surface area (Å²) in [5.74, 6) is 2.33. The van der Waals surface area contributed by atoms with Gasteiger partial charge in [0.2, 0.25) is 0 Å². The molecule has 0 aliphatic carbocycles. The lowest BCUT2D eigenvalue weighted by atomic mass is 10.3. The fraction of sp³-hybridized carbons (Fsp3) is 0.182. The van der Waals surface area contributed by atoms with E-state index in [9.17, 15) is 4.79 Å². The van der Waals surface area contributed by atoms with Gasteiger partial charge in [-0.05, 0) is 30.5 Å². The van der Waals surface area contributed by atoms with Crippen molar-refractivity contribution in [3.63, 3.8) is 0 Å². The average molecular weight is 220 g/mol. The Labute approximate surface area is 93.6 Å². The Bertz CT molecular complexity index is 367. The van der Waals surface area contributed by atoms with Crippen molar-refractivity contribution in [2.75, 3.05) is 18.1 Å². The van der Waals surface area contributed by atoms with E-state index in [2.05, 4.69) is 16.6 Å². The molecule has 15 heavy (non-hydrogen) atoms. The standard InChI is InChI=1S/C11H12N2OS/c1-3-8-12-11(14)13-9-4-6-10(15-2)7-5-9/h1,4-7H,8H2,2H3,(H2,12,13,14). The third-order valence-electron chi connectivity index (χ3n) is 1.70. The molecule has 0 radical (unpaired) electrons. The molecule has 0 spiro atoms. The molecule has 0 bridgehead atoms. The van der Waals surface area contributed by atoms with Crippen molar-refractivity contribution in [3.8, 4) is 12.3 Å². The van der Waals surface area contributed by atoms with Crippen molar-refractivity contribution in [2.24, 2.45) is 0 Å².